The lowest BCUT2D eigenvalue weighted by molar-refractivity contribution is -0.117. The Hall–Kier alpha value is -1.44. The number of benzene rings is 1. The number of carbonyl (C=O) groups is 1. The lowest BCUT2D eigenvalue weighted by Crippen LogP contribution is -2.50. The smallest absolute Gasteiger partial charge is 0.238 e. The van der Waals surface area contributed by atoms with Gasteiger partial charge in [-0.25, -0.2) is 8.42 Å². The molecule has 23 heavy (non-hydrogen) atoms. The molecule has 0 unspecified atom stereocenters. The highest BCUT2D eigenvalue weighted by atomic mass is 32.2. The molecule has 0 saturated carbocycles. The quantitative estimate of drug-likeness (QED) is 0.878. The van der Waals surface area contributed by atoms with E-state index in [0.29, 0.717) is 32.1 Å². The fourth-order valence-corrected chi connectivity index (χ4v) is 3.43. The van der Waals surface area contributed by atoms with Gasteiger partial charge in [0.1, 0.15) is 0 Å². The summed E-state index contributed by atoms with van der Waals surface area (Å²) in [6, 6.07) is 7.86. The van der Waals surface area contributed by atoms with Gasteiger partial charge in [-0.3, -0.25) is 9.69 Å². The summed E-state index contributed by atoms with van der Waals surface area (Å²) in [5.74, 6) is 0.342. The lowest BCUT2D eigenvalue weighted by Gasteiger charge is -2.32. The average molecular weight is 339 g/mol. The average Bonchev–Trinajstić information content (AvgIpc) is 2.47. The van der Waals surface area contributed by atoms with Crippen molar-refractivity contribution in [3.63, 3.8) is 0 Å². The fraction of sp³-hybridized carbons (Fsp3) is 0.562. The van der Waals surface area contributed by atoms with E-state index in [0.717, 1.165) is 5.69 Å². The van der Waals surface area contributed by atoms with Gasteiger partial charge in [0.25, 0.3) is 0 Å². The molecule has 1 aromatic carbocycles. The molecule has 1 saturated heterocycles. The van der Waals surface area contributed by atoms with Crippen LogP contribution in [-0.4, -0.2) is 62.5 Å². The second-order valence-electron chi connectivity index (χ2n) is 6.27. The van der Waals surface area contributed by atoms with Crippen molar-refractivity contribution in [3.8, 4) is 0 Å². The number of carbonyl (C=O) groups excluding carboxylic acids is 1. The highest BCUT2D eigenvalue weighted by molar-refractivity contribution is 7.88. The molecule has 0 bridgehead atoms. The van der Waals surface area contributed by atoms with E-state index < -0.39 is 10.0 Å². The number of amides is 1. The van der Waals surface area contributed by atoms with Crippen LogP contribution in [0.25, 0.3) is 0 Å². The maximum atomic E-state index is 12.2. The van der Waals surface area contributed by atoms with E-state index in [1.807, 2.05) is 29.2 Å². The molecule has 1 aliphatic heterocycles. The van der Waals surface area contributed by atoms with Crippen LogP contribution in [0.1, 0.15) is 25.3 Å². The number of rotatable bonds is 5. The van der Waals surface area contributed by atoms with Crippen molar-refractivity contribution in [2.75, 3.05) is 44.3 Å². The number of sulfonamides is 1. The van der Waals surface area contributed by atoms with E-state index in [4.69, 9.17) is 0 Å². The predicted molar refractivity (Wildman–Crippen MR) is 92.0 cm³/mol. The Morgan fingerprint density at radius 1 is 1.22 bits per heavy atom. The van der Waals surface area contributed by atoms with Crippen LogP contribution in [-0.2, 0) is 14.8 Å². The zero-order valence-corrected chi connectivity index (χ0v) is 14.8. The van der Waals surface area contributed by atoms with E-state index in [-0.39, 0.29) is 12.5 Å². The number of nitrogens with one attached hydrogen (secondary N) is 1. The van der Waals surface area contributed by atoms with Crippen LogP contribution in [0.2, 0.25) is 0 Å². The number of hydrogen-bond acceptors (Lipinski definition) is 4. The lowest BCUT2D eigenvalue weighted by atomic mass is 10.0. The minimum absolute atomic E-state index is 0.0706. The molecule has 1 N–H and O–H groups in total. The molecule has 0 aliphatic carbocycles. The van der Waals surface area contributed by atoms with Crippen molar-refractivity contribution >= 4 is 21.6 Å². The van der Waals surface area contributed by atoms with Gasteiger partial charge in [-0.1, -0.05) is 26.0 Å². The summed E-state index contributed by atoms with van der Waals surface area (Å²) in [6.07, 6.45) is 1.22. The number of piperazine rings is 1. The summed E-state index contributed by atoms with van der Waals surface area (Å²) in [5.41, 5.74) is 1.99. The third kappa shape index (κ3) is 5.30. The molecule has 6 nitrogen and oxygen atoms in total. The van der Waals surface area contributed by atoms with Gasteiger partial charge in [0.2, 0.25) is 15.9 Å². The third-order valence-corrected chi connectivity index (χ3v) is 5.31. The molecule has 1 aromatic rings. The van der Waals surface area contributed by atoms with Gasteiger partial charge in [-0.15, -0.1) is 0 Å². The first kappa shape index (κ1) is 17.9. The molecule has 1 amide bonds. The van der Waals surface area contributed by atoms with Crippen LogP contribution in [0.4, 0.5) is 5.69 Å². The SMILES string of the molecule is CC(C)c1cccc(NC(=O)CN2CCN(S(C)(=O)=O)CC2)c1. The first-order valence-electron chi connectivity index (χ1n) is 7.83. The Labute approximate surface area is 138 Å². The van der Waals surface area contributed by atoms with E-state index >= 15 is 0 Å². The van der Waals surface area contributed by atoms with Crippen LogP contribution in [0.15, 0.2) is 24.3 Å². The standard InChI is InChI=1S/C16H25N3O3S/c1-13(2)14-5-4-6-15(11-14)17-16(20)12-18-7-9-19(10-8-18)23(3,21)22/h4-6,11,13H,7-10,12H2,1-3H3,(H,17,20). The van der Waals surface area contributed by atoms with E-state index in [1.54, 1.807) is 0 Å². The van der Waals surface area contributed by atoms with Crippen molar-refractivity contribution in [1.29, 1.82) is 0 Å². The maximum absolute atomic E-state index is 12.2. The number of hydrogen-bond donors (Lipinski definition) is 1. The van der Waals surface area contributed by atoms with Crippen molar-refractivity contribution in [2.24, 2.45) is 0 Å². The topological polar surface area (TPSA) is 69.7 Å². The first-order valence-corrected chi connectivity index (χ1v) is 9.68. The Bertz CT molecular complexity index is 650. The molecule has 1 heterocycles. The van der Waals surface area contributed by atoms with Gasteiger partial charge in [-0.2, -0.15) is 4.31 Å². The Morgan fingerprint density at radius 3 is 2.43 bits per heavy atom. The van der Waals surface area contributed by atoms with Crippen molar-refractivity contribution in [3.05, 3.63) is 29.8 Å². The van der Waals surface area contributed by atoms with Gasteiger partial charge in [0.15, 0.2) is 0 Å². The van der Waals surface area contributed by atoms with E-state index in [9.17, 15) is 13.2 Å². The van der Waals surface area contributed by atoms with Gasteiger partial charge < -0.3 is 5.32 Å². The normalized spacial score (nSPS) is 17.4. The van der Waals surface area contributed by atoms with Crippen molar-refractivity contribution < 1.29 is 13.2 Å². The maximum Gasteiger partial charge on any atom is 0.238 e. The van der Waals surface area contributed by atoms with Crippen LogP contribution >= 0.6 is 0 Å². The van der Waals surface area contributed by atoms with Crippen LogP contribution in [0.3, 0.4) is 0 Å². The van der Waals surface area contributed by atoms with Gasteiger partial charge in [0.05, 0.1) is 12.8 Å². The minimum Gasteiger partial charge on any atom is -0.325 e. The molecule has 1 fully saturated rings. The molecule has 1 aliphatic rings. The largest absolute Gasteiger partial charge is 0.325 e. The summed E-state index contributed by atoms with van der Waals surface area (Å²) in [6.45, 7) is 6.54. The monoisotopic (exact) mass is 339 g/mol. The molecular weight excluding hydrogens is 314 g/mol. The third-order valence-electron chi connectivity index (χ3n) is 4.00. The number of nitrogens with zero attached hydrogens (tertiary/aromatic N) is 2. The molecule has 0 atom stereocenters. The molecule has 128 valence electrons. The highest BCUT2D eigenvalue weighted by Crippen LogP contribution is 2.18. The molecule has 7 heteroatoms. The summed E-state index contributed by atoms with van der Waals surface area (Å²) in [4.78, 5) is 14.1. The second kappa shape index (κ2) is 7.42. The van der Waals surface area contributed by atoms with Crippen LogP contribution < -0.4 is 5.32 Å². The van der Waals surface area contributed by atoms with E-state index in [1.165, 1.54) is 16.1 Å². The fourth-order valence-electron chi connectivity index (χ4n) is 2.60. The second-order valence-corrected chi connectivity index (χ2v) is 8.25. The molecule has 0 aromatic heterocycles. The minimum atomic E-state index is -3.13. The molecule has 0 spiro atoms. The summed E-state index contributed by atoms with van der Waals surface area (Å²) < 4.78 is 24.4. The Morgan fingerprint density at radius 2 is 1.87 bits per heavy atom. The molecular formula is C16H25N3O3S. The van der Waals surface area contributed by atoms with Gasteiger partial charge in [-0.05, 0) is 23.6 Å². The van der Waals surface area contributed by atoms with Crippen LogP contribution in [0, 0.1) is 0 Å². The number of anilines is 1. The van der Waals surface area contributed by atoms with Crippen molar-refractivity contribution in [1.82, 2.24) is 9.21 Å². The zero-order valence-electron chi connectivity index (χ0n) is 13.9. The van der Waals surface area contributed by atoms with E-state index in [2.05, 4.69) is 19.2 Å². The highest BCUT2D eigenvalue weighted by Gasteiger charge is 2.24. The van der Waals surface area contributed by atoms with Crippen LogP contribution in [0.5, 0.6) is 0 Å². The predicted octanol–water partition coefficient (Wildman–Crippen LogP) is 1.33. The Kier molecular flexibility index (Phi) is 5.78. The Balaban J connectivity index is 1.85. The summed E-state index contributed by atoms with van der Waals surface area (Å²) >= 11 is 0. The van der Waals surface area contributed by atoms with Gasteiger partial charge in [0, 0.05) is 31.9 Å². The van der Waals surface area contributed by atoms with Crippen molar-refractivity contribution in [2.45, 2.75) is 19.8 Å². The first-order chi connectivity index (χ1) is 10.8. The summed E-state index contributed by atoms with van der Waals surface area (Å²) in [7, 11) is -3.13. The van der Waals surface area contributed by atoms with Gasteiger partial charge >= 0.3 is 0 Å². The molecule has 0 radical (unpaired) electrons. The molecule has 2 rings (SSSR count). The summed E-state index contributed by atoms with van der Waals surface area (Å²) in [5, 5.41) is 2.91. The zero-order chi connectivity index (χ0) is 17.0.